The molecule has 1 atom stereocenters. The summed E-state index contributed by atoms with van der Waals surface area (Å²) in [6, 6.07) is 0.513. The van der Waals surface area contributed by atoms with E-state index >= 15 is 0 Å². The molecule has 0 aliphatic heterocycles. The van der Waals surface area contributed by atoms with Crippen LogP contribution in [0.5, 0.6) is 0 Å². The van der Waals surface area contributed by atoms with Crippen LogP contribution >= 0.6 is 11.6 Å². The molecule has 4 nitrogen and oxygen atoms in total. The number of methoxy groups -OCH3 is 1. The number of nitrogens with one attached hydrogen (secondary N) is 1. The first kappa shape index (κ1) is 14.7. The van der Waals surface area contributed by atoms with Crippen molar-refractivity contribution >= 4 is 23.4 Å². The molecule has 1 N–H and O–H groups in total. The fourth-order valence-corrected chi connectivity index (χ4v) is 1.66. The number of esters is 1. The zero-order chi connectivity index (χ0) is 13.7. The molecule has 0 radical (unpaired) electrons. The fourth-order valence-electron chi connectivity index (χ4n) is 1.51. The molecule has 0 bridgehead atoms. The lowest BCUT2D eigenvalue weighted by atomic mass is 10.0. The molecule has 18 heavy (non-hydrogen) atoms. The SMILES string of the molecule is COC(=O)C(CC(C)C)Nc1ncc(Cl)cc1F. The van der Waals surface area contributed by atoms with Crippen LogP contribution in [0.2, 0.25) is 5.02 Å². The number of pyridine rings is 1. The van der Waals surface area contributed by atoms with Gasteiger partial charge in [0.1, 0.15) is 6.04 Å². The normalized spacial score (nSPS) is 12.3. The van der Waals surface area contributed by atoms with Crippen molar-refractivity contribution in [1.82, 2.24) is 4.98 Å². The lowest BCUT2D eigenvalue weighted by Crippen LogP contribution is -2.32. The monoisotopic (exact) mass is 274 g/mol. The Morgan fingerprint density at radius 2 is 2.28 bits per heavy atom. The first-order chi connectivity index (χ1) is 8.43. The van der Waals surface area contributed by atoms with E-state index in [4.69, 9.17) is 11.6 Å². The maximum Gasteiger partial charge on any atom is 0.328 e. The molecule has 1 rings (SSSR count). The Morgan fingerprint density at radius 3 is 2.78 bits per heavy atom. The van der Waals surface area contributed by atoms with Gasteiger partial charge in [-0.1, -0.05) is 25.4 Å². The lowest BCUT2D eigenvalue weighted by molar-refractivity contribution is -0.141. The summed E-state index contributed by atoms with van der Waals surface area (Å²) >= 11 is 5.61. The van der Waals surface area contributed by atoms with Gasteiger partial charge >= 0.3 is 5.97 Å². The number of halogens is 2. The van der Waals surface area contributed by atoms with Crippen molar-refractivity contribution in [1.29, 1.82) is 0 Å². The Morgan fingerprint density at radius 1 is 1.61 bits per heavy atom. The second-order valence-electron chi connectivity index (χ2n) is 4.33. The van der Waals surface area contributed by atoms with Crippen LogP contribution in [0, 0.1) is 11.7 Å². The molecule has 0 fully saturated rings. The van der Waals surface area contributed by atoms with E-state index in [-0.39, 0.29) is 16.8 Å². The molecule has 0 spiro atoms. The third kappa shape index (κ3) is 4.14. The largest absolute Gasteiger partial charge is 0.467 e. The number of anilines is 1. The maximum atomic E-state index is 13.6. The van der Waals surface area contributed by atoms with Crippen LogP contribution in [0.1, 0.15) is 20.3 Å². The molecule has 1 aromatic rings. The fraction of sp³-hybridized carbons (Fsp3) is 0.500. The van der Waals surface area contributed by atoms with Crippen LogP contribution in [0.25, 0.3) is 0 Å². The predicted molar refractivity (Wildman–Crippen MR) is 68.1 cm³/mol. The number of aromatic nitrogens is 1. The van der Waals surface area contributed by atoms with Crippen LogP contribution < -0.4 is 5.32 Å². The van der Waals surface area contributed by atoms with Crippen molar-refractivity contribution in [2.24, 2.45) is 5.92 Å². The van der Waals surface area contributed by atoms with Crippen molar-refractivity contribution in [2.75, 3.05) is 12.4 Å². The summed E-state index contributed by atoms with van der Waals surface area (Å²) in [6.07, 6.45) is 1.84. The highest BCUT2D eigenvalue weighted by atomic mass is 35.5. The van der Waals surface area contributed by atoms with Gasteiger partial charge in [-0.3, -0.25) is 0 Å². The molecule has 0 saturated carbocycles. The lowest BCUT2D eigenvalue weighted by Gasteiger charge is -2.19. The Hall–Kier alpha value is -1.36. The van der Waals surface area contributed by atoms with E-state index < -0.39 is 17.8 Å². The van der Waals surface area contributed by atoms with Crippen LogP contribution in [0.3, 0.4) is 0 Å². The number of hydrogen-bond acceptors (Lipinski definition) is 4. The average Bonchev–Trinajstić information content (AvgIpc) is 2.30. The second-order valence-corrected chi connectivity index (χ2v) is 4.77. The highest BCUT2D eigenvalue weighted by Gasteiger charge is 2.22. The van der Waals surface area contributed by atoms with Gasteiger partial charge in [-0.05, 0) is 18.4 Å². The summed E-state index contributed by atoms with van der Waals surface area (Å²) in [5.41, 5.74) is 0. The van der Waals surface area contributed by atoms with Crippen LogP contribution in [-0.4, -0.2) is 24.1 Å². The van der Waals surface area contributed by atoms with Gasteiger partial charge in [0.05, 0.1) is 12.1 Å². The van der Waals surface area contributed by atoms with Gasteiger partial charge in [-0.2, -0.15) is 0 Å². The smallest absolute Gasteiger partial charge is 0.328 e. The summed E-state index contributed by atoms with van der Waals surface area (Å²) in [6.45, 7) is 3.92. The Labute approximate surface area is 110 Å². The van der Waals surface area contributed by atoms with Crippen molar-refractivity contribution in [3.63, 3.8) is 0 Å². The molecular formula is C12H16ClFN2O2. The van der Waals surface area contributed by atoms with Crippen molar-refractivity contribution in [2.45, 2.75) is 26.3 Å². The molecule has 1 unspecified atom stereocenters. The summed E-state index contributed by atoms with van der Waals surface area (Å²) in [7, 11) is 1.29. The molecule has 100 valence electrons. The van der Waals surface area contributed by atoms with Gasteiger partial charge in [0.25, 0.3) is 0 Å². The van der Waals surface area contributed by atoms with Gasteiger partial charge in [-0.15, -0.1) is 0 Å². The third-order valence-corrected chi connectivity index (χ3v) is 2.52. The zero-order valence-electron chi connectivity index (χ0n) is 10.5. The second kappa shape index (κ2) is 6.54. The summed E-state index contributed by atoms with van der Waals surface area (Å²) < 4.78 is 18.2. The topological polar surface area (TPSA) is 51.2 Å². The van der Waals surface area contributed by atoms with Crippen LogP contribution in [0.15, 0.2) is 12.3 Å². The quantitative estimate of drug-likeness (QED) is 0.839. The van der Waals surface area contributed by atoms with E-state index in [1.165, 1.54) is 13.3 Å². The highest BCUT2D eigenvalue weighted by molar-refractivity contribution is 6.30. The van der Waals surface area contributed by atoms with Gasteiger partial charge < -0.3 is 10.1 Å². The summed E-state index contributed by atoms with van der Waals surface area (Å²) in [5, 5.41) is 2.94. The summed E-state index contributed by atoms with van der Waals surface area (Å²) in [5.74, 6) is -0.785. The van der Waals surface area contributed by atoms with E-state index in [2.05, 4.69) is 15.0 Å². The number of nitrogens with zero attached hydrogens (tertiary/aromatic N) is 1. The summed E-state index contributed by atoms with van der Waals surface area (Å²) in [4.78, 5) is 15.4. The molecule has 1 heterocycles. The standard InChI is InChI=1S/C12H16ClFN2O2/c1-7(2)4-10(12(17)18-3)16-11-9(14)5-8(13)6-15-11/h5-7,10H,4H2,1-3H3,(H,15,16). The number of ether oxygens (including phenoxy) is 1. The molecule has 0 aliphatic rings. The minimum atomic E-state index is -0.627. The van der Waals surface area contributed by atoms with E-state index in [0.717, 1.165) is 6.07 Å². The minimum Gasteiger partial charge on any atom is -0.467 e. The molecular weight excluding hydrogens is 259 g/mol. The molecule has 0 aliphatic carbocycles. The zero-order valence-corrected chi connectivity index (χ0v) is 11.3. The molecule has 0 saturated heterocycles. The first-order valence-corrected chi connectivity index (χ1v) is 5.97. The minimum absolute atomic E-state index is 0.00421. The molecule has 0 aromatic carbocycles. The van der Waals surface area contributed by atoms with Crippen LogP contribution in [0.4, 0.5) is 10.2 Å². The number of carbonyl (C=O) groups is 1. The van der Waals surface area contributed by atoms with Gasteiger partial charge in [-0.25, -0.2) is 14.2 Å². The Balaban J connectivity index is 2.85. The van der Waals surface area contributed by atoms with E-state index in [0.29, 0.717) is 6.42 Å². The van der Waals surface area contributed by atoms with Crippen molar-refractivity contribution in [3.05, 3.63) is 23.1 Å². The van der Waals surface area contributed by atoms with E-state index in [1.807, 2.05) is 13.8 Å². The number of rotatable bonds is 5. The Bertz CT molecular complexity index is 427. The van der Waals surface area contributed by atoms with Gasteiger partial charge in [0, 0.05) is 6.20 Å². The molecule has 1 aromatic heterocycles. The van der Waals surface area contributed by atoms with Gasteiger partial charge in [0.15, 0.2) is 11.6 Å². The van der Waals surface area contributed by atoms with Crippen molar-refractivity contribution < 1.29 is 13.9 Å². The number of carbonyl (C=O) groups excluding carboxylic acids is 1. The highest BCUT2D eigenvalue weighted by Crippen LogP contribution is 2.18. The van der Waals surface area contributed by atoms with E-state index in [9.17, 15) is 9.18 Å². The van der Waals surface area contributed by atoms with Crippen molar-refractivity contribution in [3.8, 4) is 0 Å². The average molecular weight is 275 g/mol. The number of hydrogen-bond donors (Lipinski definition) is 1. The van der Waals surface area contributed by atoms with E-state index in [1.54, 1.807) is 0 Å². The third-order valence-electron chi connectivity index (χ3n) is 2.31. The Kier molecular flexibility index (Phi) is 5.34. The molecule has 6 heteroatoms. The maximum absolute atomic E-state index is 13.6. The van der Waals surface area contributed by atoms with Crippen LogP contribution in [-0.2, 0) is 9.53 Å². The predicted octanol–water partition coefficient (Wildman–Crippen LogP) is 2.87. The molecule has 0 amide bonds. The first-order valence-electron chi connectivity index (χ1n) is 5.59. The van der Waals surface area contributed by atoms with Gasteiger partial charge in [0.2, 0.25) is 0 Å².